The first-order valence-electron chi connectivity index (χ1n) is 5.53. The molecule has 0 rings (SSSR count). The van der Waals surface area contributed by atoms with E-state index in [-0.39, 0.29) is 11.5 Å². The molecule has 0 aliphatic heterocycles. The molecule has 2 nitrogen and oxygen atoms in total. The minimum Gasteiger partial charge on any atom is -0.358 e. The Morgan fingerprint density at radius 2 is 2.06 bits per heavy atom. The highest BCUT2D eigenvalue weighted by Crippen LogP contribution is 2.26. The molecule has 0 radical (unpaired) electrons. The van der Waals surface area contributed by atoms with Gasteiger partial charge in [-0.3, -0.25) is 4.99 Å². The first kappa shape index (κ1) is 15.2. The van der Waals surface area contributed by atoms with E-state index < -0.39 is 0 Å². The average molecular weight is 243 g/mol. The third-order valence-electron chi connectivity index (χ3n) is 2.34. The van der Waals surface area contributed by atoms with Crippen LogP contribution in [0.15, 0.2) is 29.3 Å². The summed E-state index contributed by atoms with van der Waals surface area (Å²) >= 11 is 5.80. The van der Waals surface area contributed by atoms with Crippen LogP contribution in [0.3, 0.4) is 0 Å². The number of nitrogens with zero attached hydrogens (tertiary/aromatic N) is 1. The number of rotatable bonds is 4. The maximum atomic E-state index is 5.80. The Labute approximate surface area is 104 Å². The van der Waals surface area contributed by atoms with Gasteiger partial charge in [0.25, 0.3) is 0 Å². The normalized spacial score (nSPS) is 15.9. The number of hydrogen-bond donors (Lipinski definition) is 1. The van der Waals surface area contributed by atoms with Crippen LogP contribution in [0.25, 0.3) is 0 Å². The molecular formula is C13H23ClN2. The standard InChI is InChI=1S/C13H23ClN2/c1-7-11(13(3,4)5)9-8-10(2)16-12(14)15-6/h7,9-10H,1,8H2,2-6H3,(H,15,16)/b11-9+. The lowest BCUT2D eigenvalue weighted by atomic mass is 9.85. The van der Waals surface area contributed by atoms with Gasteiger partial charge in [0.05, 0.1) is 0 Å². The largest absolute Gasteiger partial charge is 0.358 e. The fraction of sp³-hybridized carbons (Fsp3) is 0.615. The number of allylic oxidation sites excluding steroid dienone is 2. The van der Waals surface area contributed by atoms with Crippen molar-refractivity contribution in [2.45, 2.75) is 40.2 Å². The SMILES string of the molecule is C=C/C(=C\CC(C)NC(Cl)=NC)C(C)(C)C. The highest BCUT2D eigenvalue weighted by atomic mass is 35.5. The molecule has 92 valence electrons. The van der Waals surface area contributed by atoms with Gasteiger partial charge in [0, 0.05) is 13.1 Å². The summed E-state index contributed by atoms with van der Waals surface area (Å²) in [5.74, 6) is 0. The molecular weight excluding hydrogens is 220 g/mol. The molecule has 0 spiro atoms. The number of aliphatic imine (C=N–C) groups is 1. The van der Waals surface area contributed by atoms with E-state index in [2.05, 4.69) is 50.7 Å². The summed E-state index contributed by atoms with van der Waals surface area (Å²) < 4.78 is 0. The molecule has 1 N–H and O–H groups in total. The second-order valence-electron chi connectivity index (χ2n) is 4.91. The predicted octanol–water partition coefficient (Wildman–Crippen LogP) is 3.74. The minimum absolute atomic E-state index is 0.143. The zero-order valence-electron chi connectivity index (χ0n) is 11.0. The summed E-state index contributed by atoms with van der Waals surface area (Å²) in [5.41, 5.74) is 1.40. The Morgan fingerprint density at radius 1 is 1.50 bits per heavy atom. The van der Waals surface area contributed by atoms with E-state index in [9.17, 15) is 0 Å². The molecule has 1 unspecified atom stereocenters. The fourth-order valence-electron chi connectivity index (χ4n) is 1.33. The van der Waals surface area contributed by atoms with Crippen molar-refractivity contribution in [1.29, 1.82) is 0 Å². The summed E-state index contributed by atoms with van der Waals surface area (Å²) in [6.45, 7) is 12.5. The predicted molar refractivity (Wildman–Crippen MR) is 74.2 cm³/mol. The van der Waals surface area contributed by atoms with E-state index in [0.717, 1.165) is 6.42 Å². The molecule has 0 heterocycles. The second kappa shape index (κ2) is 6.74. The van der Waals surface area contributed by atoms with Crippen LogP contribution in [0.1, 0.15) is 34.1 Å². The van der Waals surface area contributed by atoms with E-state index in [4.69, 9.17) is 11.6 Å². The Morgan fingerprint density at radius 3 is 2.44 bits per heavy atom. The molecule has 0 fully saturated rings. The van der Waals surface area contributed by atoms with Crippen molar-refractivity contribution >= 4 is 16.9 Å². The maximum Gasteiger partial charge on any atom is 0.191 e. The lowest BCUT2D eigenvalue weighted by molar-refractivity contribution is 0.512. The summed E-state index contributed by atoms with van der Waals surface area (Å²) in [5, 5.41) is 3.55. The quantitative estimate of drug-likeness (QED) is 0.345. The van der Waals surface area contributed by atoms with Gasteiger partial charge in [0.15, 0.2) is 5.29 Å². The van der Waals surface area contributed by atoms with E-state index in [1.54, 1.807) is 7.05 Å². The Balaban J connectivity index is 4.40. The summed E-state index contributed by atoms with van der Waals surface area (Å²) in [4.78, 5) is 3.85. The number of nitrogens with one attached hydrogen (secondary N) is 1. The smallest absolute Gasteiger partial charge is 0.191 e. The zero-order valence-corrected chi connectivity index (χ0v) is 11.7. The molecule has 0 aliphatic rings. The van der Waals surface area contributed by atoms with Gasteiger partial charge in [-0.1, -0.05) is 39.5 Å². The van der Waals surface area contributed by atoms with Gasteiger partial charge in [-0.25, -0.2) is 0 Å². The molecule has 0 aliphatic carbocycles. The van der Waals surface area contributed by atoms with Gasteiger partial charge in [-0.05, 0) is 35.9 Å². The van der Waals surface area contributed by atoms with Gasteiger partial charge in [0.1, 0.15) is 0 Å². The Hall–Kier alpha value is -0.760. The molecule has 0 aromatic carbocycles. The number of amidine groups is 1. The number of halogens is 1. The second-order valence-corrected chi connectivity index (χ2v) is 5.27. The first-order chi connectivity index (χ1) is 7.31. The van der Waals surface area contributed by atoms with Crippen LogP contribution in [0.5, 0.6) is 0 Å². The van der Waals surface area contributed by atoms with Crippen LogP contribution in [0, 0.1) is 5.41 Å². The first-order valence-corrected chi connectivity index (χ1v) is 5.91. The fourth-order valence-corrected chi connectivity index (χ4v) is 1.51. The molecule has 0 saturated heterocycles. The molecule has 1 atom stereocenters. The van der Waals surface area contributed by atoms with Crippen LogP contribution in [0.4, 0.5) is 0 Å². The van der Waals surface area contributed by atoms with Crippen LogP contribution < -0.4 is 5.32 Å². The molecule has 0 bridgehead atoms. The van der Waals surface area contributed by atoms with Gasteiger partial charge in [0.2, 0.25) is 0 Å². The summed E-state index contributed by atoms with van der Waals surface area (Å²) in [6.07, 6.45) is 5.02. The van der Waals surface area contributed by atoms with Crippen LogP contribution in [0.2, 0.25) is 0 Å². The topological polar surface area (TPSA) is 24.4 Å². The van der Waals surface area contributed by atoms with Crippen molar-refractivity contribution in [1.82, 2.24) is 5.32 Å². The maximum absolute atomic E-state index is 5.80. The minimum atomic E-state index is 0.143. The van der Waals surface area contributed by atoms with Crippen LogP contribution >= 0.6 is 11.6 Å². The van der Waals surface area contributed by atoms with E-state index >= 15 is 0 Å². The molecule has 16 heavy (non-hydrogen) atoms. The van der Waals surface area contributed by atoms with E-state index in [0.29, 0.717) is 5.29 Å². The Kier molecular flexibility index (Phi) is 6.42. The Bertz CT molecular complexity index is 285. The highest BCUT2D eigenvalue weighted by molar-refractivity contribution is 6.64. The van der Waals surface area contributed by atoms with Crippen molar-refractivity contribution < 1.29 is 0 Å². The van der Waals surface area contributed by atoms with Crippen molar-refractivity contribution in [3.05, 3.63) is 24.3 Å². The van der Waals surface area contributed by atoms with Crippen molar-refractivity contribution in [3.8, 4) is 0 Å². The zero-order chi connectivity index (χ0) is 12.8. The lowest BCUT2D eigenvalue weighted by Gasteiger charge is -2.21. The summed E-state index contributed by atoms with van der Waals surface area (Å²) in [6, 6.07) is 0.272. The van der Waals surface area contributed by atoms with Gasteiger partial charge >= 0.3 is 0 Å². The van der Waals surface area contributed by atoms with E-state index in [1.165, 1.54) is 5.57 Å². The molecule has 0 saturated carbocycles. The highest BCUT2D eigenvalue weighted by Gasteiger charge is 2.14. The van der Waals surface area contributed by atoms with Crippen molar-refractivity contribution in [3.63, 3.8) is 0 Å². The lowest BCUT2D eigenvalue weighted by Crippen LogP contribution is -2.28. The summed E-state index contributed by atoms with van der Waals surface area (Å²) in [7, 11) is 1.67. The monoisotopic (exact) mass is 242 g/mol. The third kappa shape index (κ3) is 5.96. The van der Waals surface area contributed by atoms with Gasteiger partial charge in [-0.2, -0.15) is 0 Å². The van der Waals surface area contributed by atoms with Gasteiger partial charge < -0.3 is 5.32 Å². The van der Waals surface area contributed by atoms with Gasteiger partial charge in [-0.15, -0.1) is 0 Å². The molecule has 0 aromatic rings. The average Bonchev–Trinajstić information content (AvgIpc) is 2.16. The molecule has 3 heteroatoms. The van der Waals surface area contributed by atoms with Crippen LogP contribution in [-0.2, 0) is 0 Å². The number of hydrogen-bond acceptors (Lipinski definition) is 1. The van der Waals surface area contributed by atoms with E-state index in [1.807, 2.05) is 6.08 Å². The molecule has 0 amide bonds. The third-order valence-corrected chi connectivity index (χ3v) is 2.62. The van der Waals surface area contributed by atoms with Crippen molar-refractivity contribution in [2.75, 3.05) is 7.05 Å². The molecule has 0 aromatic heterocycles. The van der Waals surface area contributed by atoms with Crippen molar-refractivity contribution in [2.24, 2.45) is 10.4 Å². The van der Waals surface area contributed by atoms with Crippen LogP contribution in [-0.4, -0.2) is 18.4 Å².